The van der Waals surface area contributed by atoms with Crippen LogP contribution in [0.2, 0.25) is 0 Å². The molecule has 0 saturated heterocycles. The molecule has 1 aromatic carbocycles. The van der Waals surface area contributed by atoms with Crippen molar-refractivity contribution >= 4 is 5.97 Å². The van der Waals surface area contributed by atoms with Crippen LogP contribution in [0.25, 0.3) is 0 Å². The number of hydrogen-bond donors (Lipinski definition) is 0. The number of hydrogen-bond acceptors (Lipinski definition) is 2. The van der Waals surface area contributed by atoms with Crippen molar-refractivity contribution in [1.29, 1.82) is 0 Å². The Kier molecular flexibility index (Phi) is 2.12. The molecule has 18 heavy (non-hydrogen) atoms. The Labute approximate surface area is 107 Å². The standard InChI is InChI=1S/C16H18O2/c17-15-11-7-5-6-8-12(11)16(18-15)13-9-3-1-2-4-10-14(13)16/h5-8,13-14H,1-4,9-10H2. The van der Waals surface area contributed by atoms with Crippen LogP contribution in [-0.4, -0.2) is 5.97 Å². The summed E-state index contributed by atoms with van der Waals surface area (Å²) >= 11 is 0. The fourth-order valence-corrected chi connectivity index (χ4v) is 4.24. The van der Waals surface area contributed by atoms with E-state index in [0.29, 0.717) is 11.8 Å². The smallest absolute Gasteiger partial charge is 0.339 e. The van der Waals surface area contributed by atoms with Crippen LogP contribution < -0.4 is 0 Å². The first-order valence-electron chi connectivity index (χ1n) is 7.17. The monoisotopic (exact) mass is 242 g/mol. The number of carbonyl (C=O) groups excluding carboxylic acids is 1. The van der Waals surface area contributed by atoms with Crippen molar-refractivity contribution in [3.63, 3.8) is 0 Å². The van der Waals surface area contributed by atoms with Crippen molar-refractivity contribution in [1.82, 2.24) is 0 Å². The highest BCUT2D eigenvalue weighted by Gasteiger charge is 2.71. The highest BCUT2D eigenvalue weighted by molar-refractivity contribution is 5.95. The lowest BCUT2D eigenvalue weighted by Crippen LogP contribution is -2.11. The molecule has 2 aliphatic carbocycles. The molecule has 0 N–H and O–H groups in total. The molecule has 1 heterocycles. The Hall–Kier alpha value is -1.31. The van der Waals surface area contributed by atoms with Gasteiger partial charge in [0.15, 0.2) is 0 Å². The van der Waals surface area contributed by atoms with Gasteiger partial charge in [0, 0.05) is 17.4 Å². The van der Waals surface area contributed by atoms with Crippen LogP contribution in [0.5, 0.6) is 0 Å². The minimum atomic E-state index is -0.224. The second kappa shape index (κ2) is 3.59. The molecule has 1 aliphatic heterocycles. The largest absolute Gasteiger partial charge is 0.450 e. The van der Waals surface area contributed by atoms with Crippen molar-refractivity contribution in [3.8, 4) is 0 Å². The number of esters is 1. The van der Waals surface area contributed by atoms with Crippen molar-refractivity contribution in [2.45, 2.75) is 44.1 Å². The van der Waals surface area contributed by atoms with Crippen molar-refractivity contribution in [3.05, 3.63) is 35.4 Å². The van der Waals surface area contributed by atoms with Crippen LogP contribution in [0.1, 0.15) is 54.4 Å². The molecule has 94 valence electrons. The molecule has 0 aromatic heterocycles. The molecular formula is C16H18O2. The second-order valence-electron chi connectivity index (χ2n) is 5.93. The molecule has 4 rings (SSSR count). The van der Waals surface area contributed by atoms with Crippen LogP contribution >= 0.6 is 0 Å². The minimum absolute atomic E-state index is 0.0997. The first-order chi connectivity index (χ1) is 8.84. The summed E-state index contributed by atoms with van der Waals surface area (Å²) in [5, 5.41) is 0. The Morgan fingerprint density at radius 3 is 2.39 bits per heavy atom. The Bertz CT molecular complexity index is 492. The van der Waals surface area contributed by atoms with Gasteiger partial charge in [0.25, 0.3) is 0 Å². The zero-order valence-corrected chi connectivity index (χ0v) is 10.5. The van der Waals surface area contributed by atoms with Gasteiger partial charge in [-0.3, -0.25) is 0 Å². The van der Waals surface area contributed by atoms with E-state index in [2.05, 4.69) is 6.07 Å². The predicted octanol–water partition coefficient (Wildman–Crippen LogP) is 3.65. The third-order valence-electron chi connectivity index (χ3n) is 5.09. The van der Waals surface area contributed by atoms with E-state index in [0.717, 1.165) is 5.56 Å². The molecule has 2 fully saturated rings. The highest BCUT2D eigenvalue weighted by Crippen LogP contribution is 2.68. The van der Waals surface area contributed by atoms with Gasteiger partial charge in [-0.2, -0.15) is 0 Å². The van der Waals surface area contributed by atoms with Crippen molar-refractivity contribution in [2.24, 2.45) is 11.8 Å². The molecule has 2 unspecified atom stereocenters. The summed E-state index contributed by atoms with van der Waals surface area (Å²) in [7, 11) is 0. The van der Waals surface area contributed by atoms with Gasteiger partial charge in [-0.25, -0.2) is 4.79 Å². The number of fused-ring (bicyclic) bond motifs is 5. The lowest BCUT2D eigenvalue weighted by atomic mass is 10.00. The highest BCUT2D eigenvalue weighted by atomic mass is 16.6. The normalized spacial score (nSPS) is 37.4. The van der Waals surface area contributed by atoms with E-state index < -0.39 is 0 Å². The molecular weight excluding hydrogens is 224 g/mol. The maximum atomic E-state index is 12.0. The van der Waals surface area contributed by atoms with Gasteiger partial charge >= 0.3 is 5.97 Å². The van der Waals surface area contributed by atoms with Gasteiger partial charge < -0.3 is 4.74 Å². The number of carbonyl (C=O) groups is 1. The topological polar surface area (TPSA) is 26.3 Å². The first-order valence-corrected chi connectivity index (χ1v) is 7.17. The Balaban J connectivity index is 1.76. The lowest BCUT2D eigenvalue weighted by Gasteiger charge is -2.11. The van der Waals surface area contributed by atoms with Gasteiger partial charge in [-0.1, -0.05) is 43.9 Å². The van der Waals surface area contributed by atoms with Crippen LogP contribution in [-0.2, 0) is 10.3 Å². The van der Waals surface area contributed by atoms with E-state index in [4.69, 9.17) is 4.74 Å². The molecule has 1 aromatic rings. The van der Waals surface area contributed by atoms with Crippen molar-refractivity contribution in [2.75, 3.05) is 0 Å². The molecule has 3 aliphatic rings. The van der Waals surface area contributed by atoms with Crippen LogP contribution in [0.4, 0.5) is 0 Å². The molecule has 0 radical (unpaired) electrons. The van der Waals surface area contributed by atoms with Crippen LogP contribution in [0.3, 0.4) is 0 Å². The summed E-state index contributed by atoms with van der Waals surface area (Å²) in [6.07, 6.45) is 7.73. The van der Waals surface area contributed by atoms with E-state index in [9.17, 15) is 4.79 Å². The molecule has 2 saturated carbocycles. The summed E-state index contributed by atoms with van der Waals surface area (Å²) < 4.78 is 5.85. The maximum Gasteiger partial charge on any atom is 0.339 e. The summed E-state index contributed by atoms with van der Waals surface area (Å²) in [6.45, 7) is 0. The third kappa shape index (κ3) is 1.21. The summed E-state index contributed by atoms with van der Waals surface area (Å²) in [5.74, 6) is 1.08. The number of ether oxygens (including phenoxy) is 1. The number of rotatable bonds is 0. The van der Waals surface area contributed by atoms with Gasteiger partial charge in [-0.15, -0.1) is 0 Å². The SMILES string of the molecule is O=C1OC2(c3ccccc31)C1CCCCCCC12. The summed E-state index contributed by atoms with van der Waals surface area (Å²) in [6, 6.07) is 7.99. The zero-order valence-electron chi connectivity index (χ0n) is 10.5. The van der Waals surface area contributed by atoms with Gasteiger partial charge in [0.2, 0.25) is 0 Å². The first kappa shape index (κ1) is 10.6. The van der Waals surface area contributed by atoms with Gasteiger partial charge in [0.05, 0.1) is 5.56 Å². The molecule has 0 bridgehead atoms. The minimum Gasteiger partial charge on any atom is -0.450 e. The van der Waals surface area contributed by atoms with E-state index in [-0.39, 0.29) is 11.6 Å². The molecule has 2 atom stereocenters. The number of benzene rings is 1. The van der Waals surface area contributed by atoms with E-state index in [1.807, 2.05) is 18.2 Å². The molecule has 2 heteroatoms. The maximum absolute atomic E-state index is 12.0. The summed E-state index contributed by atoms with van der Waals surface area (Å²) in [4.78, 5) is 12.0. The molecule has 0 amide bonds. The quantitative estimate of drug-likeness (QED) is 0.649. The van der Waals surface area contributed by atoms with Crippen LogP contribution in [0, 0.1) is 11.8 Å². The van der Waals surface area contributed by atoms with Gasteiger partial charge in [-0.05, 0) is 18.9 Å². The fourth-order valence-electron chi connectivity index (χ4n) is 4.24. The fraction of sp³-hybridized carbons (Fsp3) is 0.562. The predicted molar refractivity (Wildman–Crippen MR) is 68.2 cm³/mol. The van der Waals surface area contributed by atoms with E-state index in [1.165, 1.54) is 44.1 Å². The molecule has 1 spiro atoms. The average Bonchev–Trinajstić information content (AvgIpc) is 2.81. The zero-order chi connectivity index (χ0) is 12.2. The third-order valence-corrected chi connectivity index (χ3v) is 5.09. The summed E-state index contributed by atoms with van der Waals surface area (Å²) in [5.41, 5.74) is 1.76. The lowest BCUT2D eigenvalue weighted by molar-refractivity contribution is 0.0223. The average molecular weight is 242 g/mol. The Morgan fingerprint density at radius 1 is 1.00 bits per heavy atom. The van der Waals surface area contributed by atoms with Gasteiger partial charge in [0.1, 0.15) is 5.60 Å². The van der Waals surface area contributed by atoms with Crippen molar-refractivity contribution < 1.29 is 9.53 Å². The second-order valence-corrected chi connectivity index (χ2v) is 5.93. The van der Waals surface area contributed by atoms with E-state index >= 15 is 0 Å². The Morgan fingerprint density at radius 2 is 1.67 bits per heavy atom. The molecule has 2 nitrogen and oxygen atoms in total. The van der Waals surface area contributed by atoms with Crippen LogP contribution in [0.15, 0.2) is 24.3 Å². The van der Waals surface area contributed by atoms with E-state index in [1.54, 1.807) is 0 Å².